The van der Waals surface area contributed by atoms with Gasteiger partial charge in [0, 0.05) is 31.7 Å². The van der Waals surface area contributed by atoms with Crippen molar-refractivity contribution in [2.45, 2.75) is 45.3 Å². The van der Waals surface area contributed by atoms with Crippen molar-refractivity contribution in [3.63, 3.8) is 0 Å². The molecule has 1 fully saturated rings. The molecule has 0 spiro atoms. The Morgan fingerprint density at radius 1 is 1.16 bits per heavy atom. The van der Waals surface area contributed by atoms with E-state index >= 15 is 0 Å². The Labute approximate surface area is 223 Å². The first kappa shape index (κ1) is 27.5. The van der Waals surface area contributed by atoms with Crippen LogP contribution in [0.2, 0.25) is 0 Å². The molecule has 3 aromatic rings. The lowest BCUT2D eigenvalue weighted by atomic mass is 9.98. The molecule has 4 rings (SSSR count). The first-order valence-corrected chi connectivity index (χ1v) is 13.1. The monoisotopic (exact) mass is 522 g/mol. The van der Waals surface area contributed by atoms with Crippen molar-refractivity contribution in [2.24, 2.45) is 0 Å². The van der Waals surface area contributed by atoms with Gasteiger partial charge in [0.2, 0.25) is 11.8 Å². The normalized spacial score (nSPS) is 15.3. The summed E-state index contributed by atoms with van der Waals surface area (Å²) in [5.41, 5.74) is 1.73. The van der Waals surface area contributed by atoms with Gasteiger partial charge in [-0.3, -0.25) is 14.5 Å². The van der Waals surface area contributed by atoms with E-state index in [0.717, 1.165) is 25.0 Å². The number of para-hydroxylation sites is 1. The van der Waals surface area contributed by atoms with Gasteiger partial charge in [-0.05, 0) is 50.1 Å². The van der Waals surface area contributed by atoms with Crippen LogP contribution in [-0.4, -0.2) is 88.6 Å². The molecule has 1 N–H and O–H groups in total. The number of carbonyl (C=O) groups excluding carboxylic acids is 2. The molecule has 1 saturated heterocycles. The lowest BCUT2D eigenvalue weighted by molar-refractivity contribution is -0.142. The Morgan fingerprint density at radius 2 is 1.92 bits per heavy atom. The van der Waals surface area contributed by atoms with Crippen molar-refractivity contribution in [1.29, 1.82) is 0 Å². The summed E-state index contributed by atoms with van der Waals surface area (Å²) in [4.78, 5) is 31.9. The van der Waals surface area contributed by atoms with Crippen molar-refractivity contribution in [3.8, 4) is 5.75 Å². The highest BCUT2D eigenvalue weighted by Crippen LogP contribution is 2.27. The largest absolute Gasteiger partial charge is 0.497 e. The zero-order valence-electron chi connectivity index (χ0n) is 22.7. The van der Waals surface area contributed by atoms with Crippen molar-refractivity contribution in [3.05, 3.63) is 54.1 Å². The number of fused-ring (bicyclic) bond motifs is 1. The minimum absolute atomic E-state index is 0.0332. The number of methoxy groups -OCH3 is 1. The maximum Gasteiger partial charge on any atom is 0.247 e. The van der Waals surface area contributed by atoms with Gasteiger partial charge in [0.25, 0.3) is 0 Å². The van der Waals surface area contributed by atoms with E-state index in [9.17, 15) is 9.59 Å². The van der Waals surface area contributed by atoms with Crippen molar-refractivity contribution >= 4 is 22.8 Å². The molecule has 2 heterocycles. The molecule has 1 atom stereocenters. The molecule has 2 amide bonds. The first-order valence-electron chi connectivity index (χ1n) is 13.1. The Morgan fingerprint density at radius 3 is 2.66 bits per heavy atom. The highest BCUT2D eigenvalue weighted by Gasteiger charge is 2.34. The predicted octanol–water partition coefficient (Wildman–Crippen LogP) is 2.65. The Kier molecular flexibility index (Phi) is 8.96. The fourth-order valence-electron chi connectivity index (χ4n) is 4.50. The van der Waals surface area contributed by atoms with Crippen LogP contribution in [0.4, 0.5) is 0 Å². The average Bonchev–Trinajstić information content (AvgIpc) is 3.33. The predicted molar refractivity (Wildman–Crippen MR) is 145 cm³/mol. The van der Waals surface area contributed by atoms with E-state index < -0.39 is 11.6 Å². The molecule has 0 aliphatic carbocycles. The van der Waals surface area contributed by atoms with Gasteiger partial charge in [-0.25, -0.2) is 4.68 Å². The van der Waals surface area contributed by atoms with E-state index in [2.05, 4.69) is 20.5 Å². The SMILES string of the molecule is CCC(C)(C)NC(=O)C(c1cccc(OC)c1)N(CCN1CCOCC1)C(=O)Cn1nnc2ccccc21. The lowest BCUT2D eigenvalue weighted by Gasteiger charge is -2.36. The van der Waals surface area contributed by atoms with Gasteiger partial charge in [0.15, 0.2) is 0 Å². The fraction of sp³-hybridized carbons (Fsp3) is 0.500. The van der Waals surface area contributed by atoms with Crippen LogP contribution in [0, 0.1) is 0 Å². The quantitative estimate of drug-likeness (QED) is 0.413. The molecular weight excluding hydrogens is 484 g/mol. The fourth-order valence-corrected chi connectivity index (χ4v) is 4.50. The Balaban J connectivity index is 1.70. The number of aromatic nitrogens is 3. The molecule has 1 aromatic heterocycles. The number of benzene rings is 2. The zero-order valence-corrected chi connectivity index (χ0v) is 22.7. The molecule has 204 valence electrons. The summed E-state index contributed by atoms with van der Waals surface area (Å²) in [5, 5.41) is 11.6. The second-order valence-electron chi connectivity index (χ2n) is 10.2. The molecule has 38 heavy (non-hydrogen) atoms. The lowest BCUT2D eigenvalue weighted by Crippen LogP contribution is -2.52. The van der Waals surface area contributed by atoms with Crippen LogP contribution in [0.1, 0.15) is 38.8 Å². The van der Waals surface area contributed by atoms with Crippen LogP contribution in [0.25, 0.3) is 11.0 Å². The minimum atomic E-state index is -0.848. The van der Waals surface area contributed by atoms with Gasteiger partial charge < -0.3 is 19.7 Å². The first-order chi connectivity index (χ1) is 18.3. The van der Waals surface area contributed by atoms with E-state index in [-0.39, 0.29) is 18.4 Å². The number of morpholine rings is 1. The van der Waals surface area contributed by atoms with Gasteiger partial charge in [-0.15, -0.1) is 5.10 Å². The van der Waals surface area contributed by atoms with Crippen LogP contribution in [-0.2, 0) is 20.9 Å². The third kappa shape index (κ3) is 6.68. The van der Waals surface area contributed by atoms with Crippen LogP contribution >= 0.6 is 0 Å². The smallest absolute Gasteiger partial charge is 0.247 e. The van der Waals surface area contributed by atoms with E-state index in [1.54, 1.807) is 16.7 Å². The highest BCUT2D eigenvalue weighted by atomic mass is 16.5. The Bertz CT molecular complexity index is 1240. The number of amides is 2. The second-order valence-corrected chi connectivity index (χ2v) is 10.2. The molecule has 1 unspecified atom stereocenters. The average molecular weight is 523 g/mol. The topological polar surface area (TPSA) is 102 Å². The summed E-state index contributed by atoms with van der Waals surface area (Å²) in [6.45, 7) is 9.83. The second kappa shape index (κ2) is 12.4. The number of nitrogens with zero attached hydrogens (tertiary/aromatic N) is 5. The standard InChI is InChI=1S/C28H38N6O4/c1-5-28(2,3)29-27(36)26(21-9-8-10-22(19-21)37-4)33(14-13-32-15-17-38-18-16-32)25(35)20-34-24-12-7-6-11-23(24)30-31-34/h6-12,19,26H,5,13-18,20H2,1-4H3,(H,29,36). The molecule has 0 saturated carbocycles. The molecule has 1 aliphatic heterocycles. The summed E-state index contributed by atoms with van der Waals surface area (Å²) >= 11 is 0. The van der Waals surface area contributed by atoms with E-state index in [4.69, 9.17) is 9.47 Å². The minimum Gasteiger partial charge on any atom is -0.497 e. The zero-order chi connectivity index (χ0) is 27.1. The summed E-state index contributed by atoms with van der Waals surface area (Å²) < 4.78 is 12.5. The van der Waals surface area contributed by atoms with Gasteiger partial charge >= 0.3 is 0 Å². The maximum atomic E-state index is 14.0. The van der Waals surface area contributed by atoms with Gasteiger partial charge in [-0.1, -0.05) is 36.4 Å². The summed E-state index contributed by atoms with van der Waals surface area (Å²) in [6, 6.07) is 14.0. The molecule has 2 aromatic carbocycles. The van der Waals surface area contributed by atoms with E-state index in [1.807, 2.05) is 69.3 Å². The third-order valence-electron chi connectivity index (χ3n) is 7.10. The molecular formula is C28H38N6O4. The Hall–Kier alpha value is -3.50. The van der Waals surface area contributed by atoms with Crippen molar-refractivity contribution < 1.29 is 19.1 Å². The van der Waals surface area contributed by atoms with Crippen molar-refractivity contribution in [1.82, 2.24) is 30.1 Å². The number of nitrogens with one attached hydrogen (secondary N) is 1. The van der Waals surface area contributed by atoms with Gasteiger partial charge in [0.1, 0.15) is 23.9 Å². The summed E-state index contributed by atoms with van der Waals surface area (Å²) in [6.07, 6.45) is 0.746. The van der Waals surface area contributed by atoms with Gasteiger partial charge in [-0.2, -0.15) is 0 Å². The number of hydrogen-bond donors (Lipinski definition) is 1. The molecule has 10 heteroatoms. The van der Waals surface area contributed by atoms with Crippen LogP contribution < -0.4 is 10.1 Å². The highest BCUT2D eigenvalue weighted by molar-refractivity contribution is 5.89. The summed E-state index contributed by atoms with van der Waals surface area (Å²) in [7, 11) is 1.59. The number of carbonyl (C=O) groups is 2. The third-order valence-corrected chi connectivity index (χ3v) is 7.10. The van der Waals surface area contributed by atoms with Crippen LogP contribution in [0.5, 0.6) is 5.75 Å². The van der Waals surface area contributed by atoms with E-state index in [0.29, 0.717) is 43.1 Å². The molecule has 0 radical (unpaired) electrons. The molecule has 10 nitrogen and oxygen atoms in total. The summed E-state index contributed by atoms with van der Waals surface area (Å²) in [5.74, 6) is 0.174. The van der Waals surface area contributed by atoms with Crippen LogP contribution in [0.15, 0.2) is 48.5 Å². The van der Waals surface area contributed by atoms with Crippen LogP contribution in [0.3, 0.4) is 0 Å². The number of hydrogen-bond acceptors (Lipinski definition) is 7. The van der Waals surface area contributed by atoms with Gasteiger partial charge in [0.05, 0.1) is 25.8 Å². The molecule has 1 aliphatic rings. The van der Waals surface area contributed by atoms with Crippen molar-refractivity contribution in [2.75, 3.05) is 46.5 Å². The maximum absolute atomic E-state index is 14.0. The molecule has 0 bridgehead atoms. The number of rotatable bonds is 11. The van der Waals surface area contributed by atoms with E-state index in [1.165, 1.54) is 0 Å². The number of ether oxygens (including phenoxy) is 2.